The van der Waals surface area contributed by atoms with Gasteiger partial charge in [0.05, 0.1) is 0 Å². The van der Waals surface area contributed by atoms with Gasteiger partial charge in [0.1, 0.15) is 0 Å². The Bertz CT molecular complexity index is 1000. The predicted molar refractivity (Wildman–Crippen MR) is 118 cm³/mol. The number of anilines is 1. The van der Waals surface area contributed by atoms with Gasteiger partial charge in [-0.2, -0.15) is 0 Å². The molecule has 0 N–H and O–H groups in total. The normalized spacial score (nSPS) is 21.6. The zero-order chi connectivity index (χ0) is 20.6. The number of nitrogens with zero attached hydrogens (tertiary/aromatic N) is 1. The monoisotopic (exact) mass is 405 g/mol. The lowest BCUT2D eigenvalue weighted by Gasteiger charge is -2.42. The number of Topliss-reactive ketones (excluding diaryl/α,β-unsaturated/α-hetero) is 1. The number of amides is 1. The van der Waals surface area contributed by atoms with Crippen LogP contribution in [0.3, 0.4) is 0 Å². The molecular formula is C25H24ClNO2. The Kier molecular flexibility index (Phi) is 5.18. The molecule has 0 radical (unpaired) electrons. The van der Waals surface area contributed by atoms with Crippen molar-refractivity contribution >= 4 is 35.1 Å². The van der Waals surface area contributed by atoms with E-state index in [1.807, 2.05) is 54.6 Å². The van der Waals surface area contributed by atoms with E-state index in [1.165, 1.54) is 0 Å². The van der Waals surface area contributed by atoms with Gasteiger partial charge in [0, 0.05) is 40.7 Å². The molecule has 4 rings (SSSR count). The minimum atomic E-state index is -0.190. The van der Waals surface area contributed by atoms with E-state index in [0.717, 1.165) is 22.5 Å². The number of carbonyl (C=O) groups is 2. The lowest BCUT2D eigenvalue weighted by Crippen LogP contribution is -2.44. The van der Waals surface area contributed by atoms with Crippen molar-refractivity contribution < 1.29 is 9.59 Å². The van der Waals surface area contributed by atoms with Crippen LogP contribution in [-0.2, 0) is 9.59 Å². The van der Waals surface area contributed by atoms with Crippen LogP contribution in [-0.4, -0.2) is 11.7 Å². The first-order valence-corrected chi connectivity index (χ1v) is 10.3. The van der Waals surface area contributed by atoms with E-state index < -0.39 is 0 Å². The van der Waals surface area contributed by atoms with Crippen LogP contribution in [0.25, 0.3) is 6.08 Å². The third kappa shape index (κ3) is 4.06. The molecule has 0 fully saturated rings. The van der Waals surface area contributed by atoms with Crippen molar-refractivity contribution in [3.63, 3.8) is 0 Å². The van der Waals surface area contributed by atoms with Crippen LogP contribution in [0.5, 0.6) is 0 Å². The van der Waals surface area contributed by atoms with Crippen LogP contribution in [0.4, 0.5) is 5.69 Å². The maximum Gasteiger partial charge on any atom is 0.232 e. The Morgan fingerprint density at radius 3 is 2.38 bits per heavy atom. The average Bonchev–Trinajstić information content (AvgIpc) is 2.67. The summed E-state index contributed by atoms with van der Waals surface area (Å²) in [4.78, 5) is 28.1. The van der Waals surface area contributed by atoms with Crippen molar-refractivity contribution in [3.05, 3.63) is 82.5 Å². The molecule has 1 unspecified atom stereocenters. The Labute approximate surface area is 176 Å². The van der Waals surface area contributed by atoms with Gasteiger partial charge in [0.15, 0.2) is 5.78 Å². The molecular weight excluding hydrogens is 382 g/mol. The summed E-state index contributed by atoms with van der Waals surface area (Å²) in [5.41, 5.74) is 3.28. The number of hydrogen-bond donors (Lipinski definition) is 0. The highest BCUT2D eigenvalue weighted by molar-refractivity contribution is 6.30. The minimum absolute atomic E-state index is 0.0132. The van der Waals surface area contributed by atoms with Crippen LogP contribution < -0.4 is 4.90 Å². The molecule has 0 saturated heterocycles. The summed E-state index contributed by atoms with van der Waals surface area (Å²) in [7, 11) is 0. The van der Waals surface area contributed by atoms with Gasteiger partial charge in [-0.15, -0.1) is 0 Å². The molecule has 1 amide bonds. The summed E-state index contributed by atoms with van der Waals surface area (Å²) >= 11 is 6.04. The molecule has 1 aliphatic heterocycles. The first-order valence-electron chi connectivity index (χ1n) is 9.92. The predicted octanol–water partition coefficient (Wildman–Crippen LogP) is 6.05. The Morgan fingerprint density at radius 2 is 1.69 bits per heavy atom. The van der Waals surface area contributed by atoms with Gasteiger partial charge >= 0.3 is 0 Å². The SMILES string of the molecule is CC1(C)CC(=O)C2=C(C1)N(c1ccc(Cl)cc1)C(=O)CC2/C=C/c1ccccc1. The number of benzene rings is 2. The molecule has 1 heterocycles. The van der Waals surface area contributed by atoms with Gasteiger partial charge in [0.25, 0.3) is 0 Å². The van der Waals surface area contributed by atoms with E-state index in [0.29, 0.717) is 17.9 Å². The molecule has 29 heavy (non-hydrogen) atoms. The number of carbonyl (C=O) groups excluding carboxylic acids is 2. The lowest BCUT2D eigenvalue weighted by atomic mass is 9.70. The molecule has 148 valence electrons. The molecule has 4 heteroatoms. The van der Waals surface area contributed by atoms with Crippen molar-refractivity contribution in [2.75, 3.05) is 4.90 Å². The Hall–Kier alpha value is -2.65. The van der Waals surface area contributed by atoms with Crippen LogP contribution in [0, 0.1) is 11.3 Å². The smallest absolute Gasteiger partial charge is 0.232 e. The quantitative estimate of drug-likeness (QED) is 0.623. The highest BCUT2D eigenvalue weighted by Crippen LogP contribution is 2.45. The summed E-state index contributed by atoms with van der Waals surface area (Å²) in [6.45, 7) is 4.17. The molecule has 2 aromatic carbocycles. The number of halogens is 1. The zero-order valence-electron chi connectivity index (χ0n) is 16.7. The number of ketones is 1. The minimum Gasteiger partial charge on any atom is -0.294 e. The van der Waals surface area contributed by atoms with Crippen molar-refractivity contribution in [1.29, 1.82) is 0 Å². The van der Waals surface area contributed by atoms with E-state index in [9.17, 15) is 9.59 Å². The summed E-state index contributed by atoms with van der Waals surface area (Å²) in [6.07, 6.45) is 5.50. The van der Waals surface area contributed by atoms with Crippen molar-refractivity contribution in [2.24, 2.45) is 11.3 Å². The third-order valence-electron chi connectivity index (χ3n) is 5.59. The fraction of sp³-hybridized carbons (Fsp3) is 0.280. The summed E-state index contributed by atoms with van der Waals surface area (Å²) < 4.78 is 0. The van der Waals surface area contributed by atoms with E-state index in [1.54, 1.807) is 17.0 Å². The van der Waals surface area contributed by atoms with E-state index in [-0.39, 0.29) is 29.4 Å². The first kappa shape index (κ1) is 19.7. The molecule has 2 aliphatic rings. The lowest BCUT2D eigenvalue weighted by molar-refractivity contribution is -0.121. The van der Waals surface area contributed by atoms with Crippen LogP contribution in [0.2, 0.25) is 5.02 Å². The largest absolute Gasteiger partial charge is 0.294 e. The van der Waals surface area contributed by atoms with Crippen molar-refractivity contribution in [1.82, 2.24) is 0 Å². The van der Waals surface area contributed by atoms with Gasteiger partial charge in [0.2, 0.25) is 5.91 Å². The van der Waals surface area contributed by atoms with Gasteiger partial charge < -0.3 is 0 Å². The molecule has 0 saturated carbocycles. The molecule has 0 aromatic heterocycles. The first-order chi connectivity index (χ1) is 13.8. The molecule has 2 aromatic rings. The zero-order valence-corrected chi connectivity index (χ0v) is 17.4. The van der Waals surface area contributed by atoms with Crippen LogP contribution in [0.1, 0.15) is 38.7 Å². The Morgan fingerprint density at radius 1 is 1.00 bits per heavy atom. The second kappa shape index (κ2) is 7.64. The van der Waals surface area contributed by atoms with E-state index >= 15 is 0 Å². The third-order valence-corrected chi connectivity index (χ3v) is 5.84. The highest BCUT2D eigenvalue weighted by Gasteiger charge is 2.43. The molecule has 1 aliphatic carbocycles. The van der Waals surface area contributed by atoms with E-state index in [2.05, 4.69) is 13.8 Å². The fourth-order valence-corrected chi connectivity index (χ4v) is 4.43. The fourth-order valence-electron chi connectivity index (χ4n) is 4.30. The van der Waals surface area contributed by atoms with Crippen molar-refractivity contribution in [3.8, 4) is 0 Å². The number of rotatable bonds is 3. The second-order valence-corrected chi connectivity index (χ2v) is 9.02. The molecule has 1 atom stereocenters. The van der Waals surface area contributed by atoms with Gasteiger partial charge in [-0.3, -0.25) is 14.5 Å². The second-order valence-electron chi connectivity index (χ2n) is 8.59. The highest BCUT2D eigenvalue weighted by atomic mass is 35.5. The standard InChI is InChI=1S/C25H24ClNO2/c1-25(2)15-21-24(22(28)16-25)18(9-8-17-6-4-3-5-7-17)14-23(29)27(21)20-12-10-19(26)11-13-20/h3-13,18H,14-16H2,1-2H3/b9-8+. The van der Waals surface area contributed by atoms with Gasteiger partial charge in [-0.05, 0) is 41.7 Å². The Balaban J connectivity index is 1.79. The summed E-state index contributed by atoms with van der Waals surface area (Å²) in [5.74, 6) is -0.0328. The van der Waals surface area contributed by atoms with Gasteiger partial charge in [-0.1, -0.05) is 67.9 Å². The number of hydrogen-bond acceptors (Lipinski definition) is 2. The maximum absolute atomic E-state index is 13.2. The van der Waals surface area contributed by atoms with Crippen LogP contribution >= 0.6 is 11.6 Å². The average molecular weight is 406 g/mol. The van der Waals surface area contributed by atoms with Gasteiger partial charge in [-0.25, -0.2) is 0 Å². The van der Waals surface area contributed by atoms with E-state index in [4.69, 9.17) is 11.6 Å². The summed E-state index contributed by atoms with van der Waals surface area (Å²) in [5, 5.41) is 0.621. The molecule has 0 spiro atoms. The topological polar surface area (TPSA) is 37.4 Å². The molecule has 3 nitrogen and oxygen atoms in total. The molecule has 0 bridgehead atoms. The number of allylic oxidation sites excluding steroid dienone is 3. The van der Waals surface area contributed by atoms with Crippen molar-refractivity contribution in [2.45, 2.75) is 33.1 Å². The summed E-state index contributed by atoms with van der Waals surface area (Å²) in [6, 6.07) is 17.2. The van der Waals surface area contributed by atoms with Crippen LogP contribution in [0.15, 0.2) is 71.9 Å². The maximum atomic E-state index is 13.2.